The summed E-state index contributed by atoms with van der Waals surface area (Å²) in [6, 6.07) is 3.80. The highest BCUT2D eigenvalue weighted by atomic mass is 79.9. The summed E-state index contributed by atoms with van der Waals surface area (Å²) in [4.78, 5) is 0.925. The zero-order valence-electron chi connectivity index (χ0n) is 5.47. The second-order valence-electron chi connectivity index (χ2n) is 1.83. The Balaban J connectivity index is 2.74. The molecule has 0 spiro atoms. The Hall–Kier alpha value is 0.1000. The van der Waals surface area contributed by atoms with Gasteiger partial charge >= 0.3 is 0 Å². The lowest BCUT2D eigenvalue weighted by Gasteiger charge is -2.03. The Labute approximate surface area is 72.0 Å². The maximum Gasteiger partial charge on any atom is 0.140 e. The van der Waals surface area contributed by atoms with E-state index in [9.17, 15) is 5.11 Å². The summed E-state index contributed by atoms with van der Waals surface area (Å²) in [7, 11) is 1.72. The van der Waals surface area contributed by atoms with E-state index in [1.165, 1.54) is 11.3 Å². The standard InChI is InChI=1S/C6H8BrNOS/c1-8-6(9)4-2-3-5(7)10-4/h2-3,6,8-9H,1H3. The summed E-state index contributed by atoms with van der Waals surface area (Å²) in [5, 5.41) is 12.0. The van der Waals surface area contributed by atoms with Crippen molar-refractivity contribution in [3.8, 4) is 0 Å². The molecule has 0 fully saturated rings. The highest BCUT2D eigenvalue weighted by Crippen LogP contribution is 2.25. The molecule has 1 heterocycles. The average Bonchev–Trinajstić information content (AvgIpc) is 2.34. The molecule has 0 amide bonds. The number of hydrogen-bond acceptors (Lipinski definition) is 3. The summed E-state index contributed by atoms with van der Waals surface area (Å²) >= 11 is 4.83. The van der Waals surface area contributed by atoms with Gasteiger partial charge in [0.05, 0.1) is 3.79 Å². The van der Waals surface area contributed by atoms with Crippen molar-refractivity contribution in [2.45, 2.75) is 6.23 Å². The molecule has 1 rings (SSSR count). The van der Waals surface area contributed by atoms with Gasteiger partial charge in [0.15, 0.2) is 0 Å². The van der Waals surface area contributed by atoms with Crippen LogP contribution in [0.2, 0.25) is 0 Å². The Morgan fingerprint density at radius 3 is 2.80 bits per heavy atom. The van der Waals surface area contributed by atoms with Crippen LogP contribution in [0.3, 0.4) is 0 Å². The first-order valence-electron chi connectivity index (χ1n) is 2.84. The minimum atomic E-state index is -0.531. The third-order valence-electron chi connectivity index (χ3n) is 1.14. The third kappa shape index (κ3) is 1.79. The van der Waals surface area contributed by atoms with Gasteiger partial charge in [0.2, 0.25) is 0 Å². The van der Waals surface area contributed by atoms with Crippen LogP contribution in [-0.2, 0) is 0 Å². The van der Waals surface area contributed by atoms with Crippen molar-refractivity contribution in [1.82, 2.24) is 5.32 Å². The van der Waals surface area contributed by atoms with E-state index in [2.05, 4.69) is 21.2 Å². The third-order valence-corrected chi connectivity index (χ3v) is 2.81. The lowest BCUT2D eigenvalue weighted by molar-refractivity contribution is 0.153. The Bertz CT molecular complexity index is 213. The molecule has 10 heavy (non-hydrogen) atoms. The molecule has 1 atom stereocenters. The molecule has 0 aliphatic rings. The fourth-order valence-electron chi connectivity index (χ4n) is 0.617. The van der Waals surface area contributed by atoms with Crippen molar-refractivity contribution >= 4 is 27.3 Å². The van der Waals surface area contributed by atoms with Crippen molar-refractivity contribution in [1.29, 1.82) is 0 Å². The SMILES string of the molecule is CNC(O)c1ccc(Br)s1. The van der Waals surface area contributed by atoms with Gasteiger partial charge < -0.3 is 5.11 Å². The van der Waals surface area contributed by atoms with Gasteiger partial charge in [-0.05, 0) is 35.1 Å². The number of hydrogen-bond donors (Lipinski definition) is 2. The molecular weight excluding hydrogens is 214 g/mol. The summed E-state index contributed by atoms with van der Waals surface area (Å²) in [5.74, 6) is 0. The number of halogens is 1. The molecule has 0 aliphatic heterocycles. The maximum atomic E-state index is 9.22. The Morgan fingerprint density at radius 1 is 1.70 bits per heavy atom. The van der Waals surface area contributed by atoms with Gasteiger partial charge in [0, 0.05) is 4.88 Å². The van der Waals surface area contributed by atoms with Crippen molar-refractivity contribution < 1.29 is 5.11 Å². The highest BCUT2D eigenvalue weighted by Gasteiger charge is 2.05. The summed E-state index contributed by atoms with van der Waals surface area (Å²) in [6.45, 7) is 0. The summed E-state index contributed by atoms with van der Waals surface area (Å²) in [5.41, 5.74) is 0. The van der Waals surface area contributed by atoms with Crippen LogP contribution < -0.4 is 5.32 Å². The van der Waals surface area contributed by atoms with E-state index in [0.717, 1.165) is 8.66 Å². The molecule has 1 unspecified atom stereocenters. The predicted octanol–water partition coefficient (Wildman–Crippen LogP) is 1.72. The van der Waals surface area contributed by atoms with Crippen LogP contribution >= 0.6 is 27.3 Å². The molecule has 56 valence electrons. The second kappa shape index (κ2) is 3.48. The van der Waals surface area contributed by atoms with Gasteiger partial charge in [0.1, 0.15) is 6.23 Å². The van der Waals surface area contributed by atoms with Crippen molar-refractivity contribution in [2.24, 2.45) is 0 Å². The van der Waals surface area contributed by atoms with Crippen molar-refractivity contribution in [3.63, 3.8) is 0 Å². The van der Waals surface area contributed by atoms with Crippen LogP contribution in [0.15, 0.2) is 15.9 Å². The number of rotatable bonds is 2. The fraction of sp³-hybridized carbons (Fsp3) is 0.333. The number of nitrogens with one attached hydrogen (secondary N) is 1. The molecule has 4 heteroatoms. The first kappa shape index (κ1) is 8.20. The number of thiophene rings is 1. The molecule has 2 nitrogen and oxygen atoms in total. The van der Waals surface area contributed by atoms with Crippen LogP contribution in [-0.4, -0.2) is 12.2 Å². The smallest absolute Gasteiger partial charge is 0.140 e. The van der Waals surface area contributed by atoms with Gasteiger partial charge in [-0.15, -0.1) is 11.3 Å². The Morgan fingerprint density at radius 2 is 2.40 bits per heavy atom. The van der Waals surface area contributed by atoms with Crippen LogP contribution in [0.25, 0.3) is 0 Å². The van der Waals surface area contributed by atoms with Crippen LogP contribution in [0.4, 0.5) is 0 Å². The van der Waals surface area contributed by atoms with Gasteiger partial charge in [-0.2, -0.15) is 0 Å². The van der Waals surface area contributed by atoms with Crippen LogP contribution in [0.5, 0.6) is 0 Å². The second-order valence-corrected chi connectivity index (χ2v) is 4.33. The van der Waals surface area contributed by atoms with E-state index < -0.39 is 6.23 Å². The summed E-state index contributed by atoms with van der Waals surface area (Å²) < 4.78 is 1.04. The largest absolute Gasteiger partial charge is 0.373 e. The normalized spacial score (nSPS) is 13.5. The number of aliphatic hydroxyl groups is 1. The van der Waals surface area contributed by atoms with Gasteiger partial charge in [-0.3, -0.25) is 5.32 Å². The zero-order chi connectivity index (χ0) is 7.56. The average molecular weight is 222 g/mol. The quantitative estimate of drug-likeness (QED) is 0.746. The molecule has 0 saturated carbocycles. The lowest BCUT2D eigenvalue weighted by atomic mass is 10.4. The van der Waals surface area contributed by atoms with E-state index in [1.54, 1.807) is 7.05 Å². The van der Waals surface area contributed by atoms with Crippen molar-refractivity contribution in [2.75, 3.05) is 7.05 Å². The van der Waals surface area contributed by atoms with E-state index in [0.29, 0.717) is 0 Å². The lowest BCUT2D eigenvalue weighted by Crippen LogP contribution is -2.13. The zero-order valence-corrected chi connectivity index (χ0v) is 7.87. The minimum absolute atomic E-state index is 0.531. The fourth-order valence-corrected chi connectivity index (χ4v) is 2.04. The van der Waals surface area contributed by atoms with Gasteiger partial charge in [0.25, 0.3) is 0 Å². The van der Waals surface area contributed by atoms with Gasteiger partial charge in [-0.1, -0.05) is 0 Å². The molecule has 0 radical (unpaired) electrons. The minimum Gasteiger partial charge on any atom is -0.373 e. The Kier molecular flexibility index (Phi) is 2.85. The van der Waals surface area contributed by atoms with E-state index in [1.807, 2.05) is 12.1 Å². The van der Waals surface area contributed by atoms with E-state index in [4.69, 9.17) is 0 Å². The molecule has 0 saturated heterocycles. The molecule has 0 aromatic carbocycles. The molecule has 0 aliphatic carbocycles. The number of aliphatic hydroxyl groups excluding tert-OH is 1. The monoisotopic (exact) mass is 221 g/mol. The highest BCUT2D eigenvalue weighted by molar-refractivity contribution is 9.11. The van der Waals surface area contributed by atoms with E-state index >= 15 is 0 Å². The first-order valence-corrected chi connectivity index (χ1v) is 4.45. The molecule has 0 bridgehead atoms. The van der Waals surface area contributed by atoms with Gasteiger partial charge in [-0.25, -0.2) is 0 Å². The maximum absolute atomic E-state index is 9.22. The van der Waals surface area contributed by atoms with Crippen LogP contribution in [0, 0.1) is 0 Å². The topological polar surface area (TPSA) is 32.3 Å². The van der Waals surface area contributed by atoms with Crippen molar-refractivity contribution in [3.05, 3.63) is 20.8 Å². The molecule has 1 aromatic rings. The predicted molar refractivity (Wildman–Crippen MR) is 46.0 cm³/mol. The molecule has 2 N–H and O–H groups in total. The van der Waals surface area contributed by atoms with E-state index in [-0.39, 0.29) is 0 Å². The molecule has 1 aromatic heterocycles. The van der Waals surface area contributed by atoms with Crippen LogP contribution in [0.1, 0.15) is 11.1 Å². The summed E-state index contributed by atoms with van der Waals surface area (Å²) in [6.07, 6.45) is -0.531. The first-order chi connectivity index (χ1) is 4.74. The molecular formula is C6H8BrNOS.